The average Bonchev–Trinajstić information content (AvgIpc) is 2.92. The minimum atomic E-state index is -0.850. The summed E-state index contributed by atoms with van der Waals surface area (Å²) in [6.07, 6.45) is -0.0385. The van der Waals surface area contributed by atoms with E-state index in [1.165, 1.54) is 5.56 Å². The number of esters is 1. The molecule has 0 saturated carbocycles. The van der Waals surface area contributed by atoms with E-state index in [2.05, 4.69) is 11.2 Å². The number of hydrogen-bond acceptors (Lipinski definition) is 5. The Morgan fingerprint density at radius 3 is 2.62 bits per heavy atom. The zero-order valence-corrected chi connectivity index (χ0v) is 14.0. The summed E-state index contributed by atoms with van der Waals surface area (Å²) in [4.78, 5) is 26.6. The summed E-state index contributed by atoms with van der Waals surface area (Å²) in [7, 11) is 0. The fourth-order valence-corrected chi connectivity index (χ4v) is 2.99. The largest absolute Gasteiger partial charge is 0.449 e. The molecule has 1 aromatic heterocycles. The van der Waals surface area contributed by atoms with Crippen LogP contribution in [0.1, 0.15) is 39.9 Å². The smallest absolute Gasteiger partial charge is 0.344 e. The van der Waals surface area contributed by atoms with Gasteiger partial charge in [0.2, 0.25) is 0 Å². The van der Waals surface area contributed by atoms with Gasteiger partial charge in [0.1, 0.15) is 11.3 Å². The molecule has 0 saturated heterocycles. The molecule has 6 nitrogen and oxygen atoms in total. The first-order valence-corrected chi connectivity index (χ1v) is 7.96. The molecule has 0 spiro atoms. The molecule has 0 fully saturated rings. The molecule has 2 heterocycles. The summed E-state index contributed by atoms with van der Waals surface area (Å²) in [5.41, 5.74) is 3.16. The van der Waals surface area contributed by atoms with Gasteiger partial charge in [-0.3, -0.25) is 4.79 Å². The van der Waals surface area contributed by atoms with Crippen molar-refractivity contribution in [1.29, 1.82) is 0 Å². The molecule has 1 aromatic carbocycles. The van der Waals surface area contributed by atoms with Crippen molar-refractivity contribution >= 4 is 11.9 Å². The molecule has 0 aliphatic carbocycles. The number of aryl methyl sites for hydroxylation is 2. The highest BCUT2D eigenvalue weighted by Gasteiger charge is 2.29. The van der Waals surface area contributed by atoms with Crippen molar-refractivity contribution in [1.82, 2.24) is 10.1 Å². The second kappa shape index (κ2) is 6.47. The SMILES string of the molecule is Cc1noc(C)c1C(=O)OC(C)C(=O)N1CCc2ccccc2C1. The molecule has 6 heteroatoms. The summed E-state index contributed by atoms with van der Waals surface area (Å²) in [5, 5.41) is 3.73. The molecular formula is C18H20N2O4. The highest BCUT2D eigenvalue weighted by atomic mass is 16.5. The Labute approximate surface area is 140 Å². The molecule has 1 atom stereocenters. The van der Waals surface area contributed by atoms with Crippen LogP contribution in [0.25, 0.3) is 0 Å². The average molecular weight is 328 g/mol. The molecule has 1 amide bonds. The summed E-state index contributed by atoms with van der Waals surface area (Å²) in [5.74, 6) is -0.377. The predicted octanol–water partition coefficient (Wildman–Crippen LogP) is 2.42. The zero-order valence-electron chi connectivity index (χ0n) is 14.0. The number of aromatic nitrogens is 1. The van der Waals surface area contributed by atoms with Crippen LogP contribution >= 0.6 is 0 Å². The molecule has 0 N–H and O–H groups in total. The lowest BCUT2D eigenvalue weighted by molar-refractivity contribution is -0.140. The maximum atomic E-state index is 12.6. The van der Waals surface area contributed by atoms with Crippen LogP contribution in [-0.4, -0.2) is 34.6 Å². The number of carbonyl (C=O) groups excluding carboxylic acids is 2. The lowest BCUT2D eigenvalue weighted by atomic mass is 9.99. The fourth-order valence-electron chi connectivity index (χ4n) is 2.99. The van der Waals surface area contributed by atoms with Crippen molar-refractivity contribution in [2.45, 2.75) is 39.8 Å². The molecule has 0 radical (unpaired) electrons. The van der Waals surface area contributed by atoms with Gasteiger partial charge in [-0.05, 0) is 38.3 Å². The maximum Gasteiger partial charge on any atom is 0.344 e. The molecule has 3 rings (SSSR count). The number of carbonyl (C=O) groups is 2. The number of rotatable bonds is 3. The van der Waals surface area contributed by atoms with Gasteiger partial charge in [-0.25, -0.2) is 4.79 Å². The normalized spacial score (nSPS) is 14.9. The Kier molecular flexibility index (Phi) is 4.38. The van der Waals surface area contributed by atoms with Crippen molar-refractivity contribution in [3.05, 3.63) is 52.4 Å². The first-order chi connectivity index (χ1) is 11.5. The Hall–Kier alpha value is -2.63. The first-order valence-electron chi connectivity index (χ1n) is 7.96. The van der Waals surface area contributed by atoms with Gasteiger partial charge < -0.3 is 14.2 Å². The van der Waals surface area contributed by atoms with E-state index in [9.17, 15) is 9.59 Å². The minimum absolute atomic E-state index is 0.190. The van der Waals surface area contributed by atoms with Crippen LogP contribution in [0.4, 0.5) is 0 Å². The molecular weight excluding hydrogens is 308 g/mol. The number of hydrogen-bond donors (Lipinski definition) is 0. The highest BCUT2D eigenvalue weighted by molar-refractivity contribution is 5.93. The first kappa shape index (κ1) is 16.2. The lowest BCUT2D eigenvalue weighted by Gasteiger charge is -2.30. The van der Waals surface area contributed by atoms with Crippen LogP contribution in [0.15, 0.2) is 28.8 Å². The van der Waals surface area contributed by atoms with E-state index in [0.29, 0.717) is 30.1 Å². The fraction of sp³-hybridized carbons (Fsp3) is 0.389. The van der Waals surface area contributed by atoms with E-state index < -0.39 is 12.1 Å². The number of amides is 1. The molecule has 126 valence electrons. The van der Waals surface area contributed by atoms with Gasteiger partial charge in [0.25, 0.3) is 5.91 Å². The van der Waals surface area contributed by atoms with E-state index in [1.54, 1.807) is 25.7 Å². The monoisotopic (exact) mass is 328 g/mol. The zero-order chi connectivity index (χ0) is 17.3. The van der Waals surface area contributed by atoms with Crippen molar-refractivity contribution in [2.75, 3.05) is 6.54 Å². The van der Waals surface area contributed by atoms with E-state index in [1.807, 2.05) is 18.2 Å². The Morgan fingerprint density at radius 2 is 1.96 bits per heavy atom. The van der Waals surface area contributed by atoms with Gasteiger partial charge in [-0.1, -0.05) is 29.4 Å². The third-order valence-electron chi connectivity index (χ3n) is 4.31. The second-order valence-electron chi connectivity index (χ2n) is 6.03. The van der Waals surface area contributed by atoms with Crippen LogP contribution in [0.2, 0.25) is 0 Å². The van der Waals surface area contributed by atoms with Crippen molar-refractivity contribution < 1.29 is 18.8 Å². The van der Waals surface area contributed by atoms with Gasteiger partial charge in [-0.15, -0.1) is 0 Å². The topological polar surface area (TPSA) is 72.6 Å². The summed E-state index contributed by atoms with van der Waals surface area (Å²) >= 11 is 0. The molecule has 1 unspecified atom stereocenters. The number of fused-ring (bicyclic) bond motifs is 1. The Morgan fingerprint density at radius 1 is 1.25 bits per heavy atom. The van der Waals surface area contributed by atoms with E-state index in [4.69, 9.17) is 9.26 Å². The van der Waals surface area contributed by atoms with E-state index in [0.717, 1.165) is 12.0 Å². The van der Waals surface area contributed by atoms with Crippen molar-refractivity contribution in [3.8, 4) is 0 Å². The Bertz CT molecular complexity index is 762. The quantitative estimate of drug-likeness (QED) is 0.809. The maximum absolute atomic E-state index is 12.6. The second-order valence-corrected chi connectivity index (χ2v) is 6.03. The molecule has 1 aliphatic rings. The van der Waals surface area contributed by atoms with Gasteiger partial charge >= 0.3 is 5.97 Å². The van der Waals surface area contributed by atoms with Crippen LogP contribution in [-0.2, 0) is 22.5 Å². The van der Waals surface area contributed by atoms with Crippen LogP contribution in [0.3, 0.4) is 0 Å². The molecule has 24 heavy (non-hydrogen) atoms. The van der Waals surface area contributed by atoms with Crippen LogP contribution in [0, 0.1) is 13.8 Å². The Balaban J connectivity index is 1.66. The number of ether oxygens (including phenoxy) is 1. The van der Waals surface area contributed by atoms with E-state index >= 15 is 0 Å². The van der Waals surface area contributed by atoms with Crippen LogP contribution < -0.4 is 0 Å². The summed E-state index contributed by atoms with van der Waals surface area (Å²) in [6.45, 7) is 6.08. The van der Waals surface area contributed by atoms with Crippen molar-refractivity contribution in [2.24, 2.45) is 0 Å². The third kappa shape index (κ3) is 3.04. The summed E-state index contributed by atoms with van der Waals surface area (Å²) in [6, 6.07) is 8.07. The third-order valence-corrected chi connectivity index (χ3v) is 4.31. The molecule has 1 aliphatic heterocycles. The summed E-state index contributed by atoms with van der Waals surface area (Å²) < 4.78 is 10.3. The molecule has 0 bridgehead atoms. The minimum Gasteiger partial charge on any atom is -0.449 e. The lowest BCUT2D eigenvalue weighted by Crippen LogP contribution is -2.42. The van der Waals surface area contributed by atoms with Crippen molar-refractivity contribution in [3.63, 3.8) is 0 Å². The molecule has 2 aromatic rings. The number of nitrogens with zero attached hydrogens (tertiary/aromatic N) is 2. The highest BCUT2D eigenvalue weighted by Crippen LogP contribution is 2.20. The van der Waals surface area contributed by atoms with Gasteiger partial charge in [0.05, 0.1) is 5.69 Å². The standard InChI is InChI=1S/C18H20N2O4/c1-11-16(12(2)24-19-11)18(22)23-13(3)17(21)20-9-8-14-6-4-5-7-15(14)10-20/h4-7,13H,8-10H2,1-3H3. The van der Waals surface area contributed by atoms with Gasteiger partial charge in [0.15, 0.2) is 6.10 Å². The predicted molar refractivity (Wildman–Crippen MR) is 86.4 cm³/mol. The van der Waals surface area contributed by atoms with E-state index in [-0.39, 0.29) is 5.91 Å². The van der Waals surface area contributed by atoms with Gasteiger partial charge in [0, 0.05) is 13.1 Å². The van der Waals surface area contributed by atoms with Crippen LogP contribution in [0.5, 0.6) is 0 Å². The number of benzene rings is 1. The van der Waals surface area contributed by atoms with Gasteiger partial charge in [-0.2, -0.15) is 0 Å².